The standard InChI is InChI=1S/C21H31N3O2.C2H6/c1-6-8-11-16(7-2)15-26-20(25)22-19-14-18(17-12-9-10-13-17)23-24(19)21(3,4)5;1-2/h6-8,11,14,17H,2,9-10,12-13,15H2,1,3-5H3,(H,22,25);1-2H3/b8-6-,16-11+;. The molecule has 5 nitrogen and oxygen atoms in total. The van der Waals surface area contributed by atoms with E-state index in [0.29, 0.717) is 11.7 Å². The van der Waals surface area contributed by atoms with E-state index in [0.717, 1.165) is 11.3 Å². The zero-order valence-corrected chi connectivity index (χ0v) is 18.4. The van der Waals surface area contributed by atoms with Crippen molar-refractivity contribution >= 4 is 11.9 Å². The zero-order valence-electron chi connectivity index (χ0n) is 18.4. The lowest BCUT2D eigenvalue weighted by Gasteiger charge is -2.22. The fourth-order valence-corrected chi connectivity index (χ4v) is 3.11. The summed E-state index contributed by atoms with van der Waals surface area (Å²) >= 11 is 0. The van der Waals surface area contributed by atoms with Crippen molar-refractivity contribution in [1.82, 2.24) is 9.78 Å². The van der Waals surface area contributed by atoms with Gasteiger partial charge in [0.15, 0.2) is 0 Å². The molecule has 0 bridgehead atoms. The van der Waals surface area contributed by atoms with Gasteiger partial charge in [-0.2, -0.15) is 5.10 Å². The van der Waals surface area contributed by atoms with Crippen molar-refractivity contribution in [2.45, 2.75) is 78.7 Å². The van der Waals surface area contributed by atoms with Gasteiger partial charge in [-0.15, -0.1) is 0 Å². The summed E-state index contributed by atoms with van der Waals surface area (Å²) in [5, 5.41) is 7.63. The molecule has 1 aliphatic carbocycles. The highest BCUT2D eigenvalue weighted by molar-refractivity contribution is 5.83. The number of nitrogens with zero attached hydrogens (tertiary/aromatic N) is 2. The summed E-state index contributed by atoms with van der Waals surface area (Å²) in [4.78, 5) is 12.3. The summed E-state index contributed by atoms with van der Waals surface area (Å²) in [7, 11) is 0. The molecule has 1 amide bonds. The molecule has 1 fully saturated rings. The first-order valence-corrected chi connectivity index (χ1v) is 10.3. The number of hydrogen-bond acceptors (Lipinski definition) is 3. The zero-order chi connectivity index (χ0) is 21.2. The van der Waals surface area contributed by atoms with Crippen LogP contribution in [0, 0.1) is 0 Å². The summed E-state index contributed by atoms with van der Waals surface area (Å²) in [5.41, 5.74) is 1.68. The summed E-state index contributed by atoms with van der Waals surface area (Å²) in [6.45, 7) is 16.1. The summed E-state index contributed by atoms with van der Waals surface area (Å²) in [6.07, 6.45) is 11.7. The Labute approximate surface area is 170 Å². The van der Waals surface area contributed by atoms with E-state index >= 15 is 0 Å². The molecular weight excluding hydrogens is 350 g/mol. The number of anilines is 1. The maximum atomic E-state index is 12.3. The second-order valence-corrected chi connectivity index (χ2v) is 7.69. The van der Waals surface area contributed by atoms with Gasteiger partial charge in [0.05, 0.1) is 11.2 Å². The van der Waals surface area contributed by atoms with Crippen LogP contribution in [0.4, 0.5) is 10.6 Å². The van der Waals surface area contributed by atoms with Crippen LogP contribution in [-0.2, 0) is 10.3 Å². The Morgan fingerprint density at radius 1 is 1.36 bits per heavy atom. The van der Waals surface area contributed by atoms with Gasteiger partial charge in [0.1, 0.15) is 12.4 Å². The Bertz CT molecular complexity index is 687. The molecule has 1 heterocycles. The largest absolute Gasteiger partial charge is 0.444 e. The van der Waals surface area contributed by atoms with Gasteiger partial charge in [-0.3, -0.25) is 5.32 Å². The average Bonchev–Trinajstić information content (AvgIpc) is 3.33. The number of rotatable bonds is 6. The van der Waals surface area contributed by atoms with E-state index in [1.54, 1.807) is 6.08 Å². The van der Waals surface area contributed by atoms with Gasteiger partial charge in [0, 0.05) is 12.0 Å². The third kappa shape index (κ3) is 7.02. The molecule has 156 valence electrons. The quantitative estimate of drug-likeness (QED) is 0.562. The van der Waals surface area contributed by atoms with E-state index in [4.69, 9.17) is 9.84 Å². The molecule has 0 atom stereocenters. The van der Waals surface area contributed by atoms with Gasteiger partial charge < -0.3 is 4.74 Å². The van der Waals surface area contributed by atoms with Gasteiger partial charge in [-0.25, -0.2) is 9.48 Å². The molecule has 28 heavy (non-hydrogen) atoms. The van der Waals surface area contributed by atoms with E-state index in [9.17, 15) is 4.79 Å². The van der Waals surface area contributed by atoms with Crippen LogP contribution >= 0.6 is 0 Å². The van der Waals surface area contributed by atoms with Crippen molar-refractivity contribution < 1.29 is 9.53 Å². The Balaban J connectivity index is 0.00000190. The predicted octanol–water partition coefficient (Wildman–Crippen LogP) is 6.56. The van der Waals surface area contributed by atoms with E-state index in [-0.39, 0.29) is 12.1 Å². The molecule has 1 aliphatic rings. The average molecular weight is 388 g/mol. The number of nitrogens with one attached hydrogen (secondary N) is 1. The van der Waals surface area contributed by atoms with Crippen molar-refractivity contribution in [3.8, 4) is 0 Å². The summed E-state index contributed by atoms with van der Waals surface area (Å²) in [6, 6.07) is 1.99. The molecular formula is C23H37N3O2. The van der Waals surface area contributed by atoms with E-state index in [2.05, 4.69) is 32.7 Å². The minimum absolute atomic E-state index is 0.179. The van der Waals surface area contributed by atoms with Gasteiger partial charge in [0.25, 0.3) is 0 Å². The molecule has 1 N–H and O–H groups in total. The molecule has 0 radical (unpaired) electrons. The molecule has 0 aliphatic heterocycles. The van der Waals surface area contributed by atoms with Crippen LogP contribution < -0.4 is 5.32 Å². The summed E-state index contributed by atoms with van der Waals surface area (Å²) in [5.74, 6) is 1.17. The molecule has 0 unspecified atom stereocenters. The number of aromatic nitrogens is 2. The fraction of sp³-hybridized carbons (Fsp3) is 0.565. The maximum Gasteiger partial charge on any atom is 0.413 e. The van der Waals surface area contributed by atoms with Crippen LogP contribution in [0.1, 0.15) is 78.8 Å². The molecule has 5 heteroatoms. The summed E-state index contributed by atoms with van der Waals surface area (Å²) < 4.78 is 7.21. The second kappa shape index (κ2) is 11.5. The third-order valence-electron chi connectivity index (χ3n) is 4.50. The monoisotopic (exact) mass is 387 g/mol. The first-order valence-electron chi connectivity index (χ1n) is 10.3. The van der Waals surface area contributed by atoms with Crippen LogP contribution in [0.15, 0.2) is 42.5 Å². The van der Waals surface area contributed by atoms with Crippen LogP contribution in [0.25, 0.3) is 0 Å². The van der Waals surface area contributed by atoms with Crippen molar-refractivity contribution in [3.63, 3.8) is 0 Å². The molecule has 1 saturated carbocycles. The van der Waals surface area contributed by atoms with Crippen molar-refractivity contribution in [2.24, 2.45) is 0 Å². The predicted molar refractivity (Wildman–Crippen MR) is 118 cm³/mol. The fourth-order valence-electron chi connectivity index (χ4n) is 3.11. The first-order chi connectivity index (χ1) is 13.3. The Hall–Kier alpha value is -2.30. The van der Waals surface area contributed by atoms with Crippen LogP contribution in [0.3, 0.4) is 0 Å². The molecule has 0 spiro atoms. The van der Waals surface area contributed by atoms with Crippen molar-refractivity contribution in [2.75, 3.05) is 11.9 Å². The normalized spacial score (nSPS) is 15.3. The number of ether oxygens (including phenoxy) is 1. The third-order valence-corrected chi connectivity index (χ3v) is 4.50. The van der Waals surface area contributed by atoms with Crippen molar-refractivity contribution in [1.29, 1.82) is 0 Å². The number of carbonyl (C=O) groups excluding carboxylic acids is 1. The lowest BCUT2D eigenvalue weighted by molar-refractivity contribution is 0.172. The Morgan fingerprint density at radius 3 is 2.54 bits per heavy atom. The van der Waals surface area contributed by atoms with Crippen molar-refractivity contribution in [3.05, 3.63) is 48.2 Å². The number of hydrogen-bond donors (Lipinski definition) is 1. The van der Waals surface area contributed by atoms with Gasteiger partial charge >= 0.3 is 6.09 Å². The molecule has 2 rings (SSSR count). The molecule has 1 aromatic heterocycles. The SMILES string of the molecule is C=C/C(=C\C=C/C)COC(=O)Nc1cc(C2CCCC2)nn1C(C)(C)C.CC. The highest BCUT2D eigenvalue weighted by Gasteiger charge is 2.26. The van der Waals surface area contributed by atoms with E-state index < -0.39 is 6.09 Å². The van der Waals surface area contributed by atoms with Gasteiger partial charge in [-0.05, 0) is 46.1 Å². The lowest BCUT2D eigenvalue weighted by Crippen LogP contribution is -2.27. The number of carbonyl (C=O) groups is 1. The topological polar surface area (TPSA) is 56.1 Å². The first kappa shape index (κ1) is 23.7. The highest BCUT2D eigenvalue weighted by Crippen LogP contribution is 2.35. The second-order valence-electron chi connectivity index (χ2n) is 7.69. The minimum atomic E-state index is -0.485. The lowest BCUT2D eigenvalue weighted by atomic mass is 10.0. The molecule has 1 aromatic rings. The minimum Gasteiger partial charge on any atom is -0.444 e. The number of allylic oxidation sites excluding steroid dienone is 3. The highest BCUT2D eigenvalue weighted by atomic mass is 16.5. The van der Waals surface area contributed by atoms with E-state index in [1.807, 2.05) is 49.7 Å². The Morgan fingerprint density at radius 2 is 2.00 bits per heavy atom. The number of amides is 1. The molecule has 0 aromatic carbocycles. The van der Waals surface area contributed by atoms with Crippen LogP contribution in [-0.4, -0.2) is 22.5 Å². The van der Waals surface area contributed by atoms with Gasteiger partial charge in [-0.1, -0.05) is 57.6 Å². The van der Waals surface area contributed by atoms with Crippen LogP contribution in [0.2, 0.25) is 0 Å². The van der Waals surface area contributed by atoms with E-state index in [1.165, 1.54) is 25.7 Å². The maximum absolute atomic E-state index is 12.3. The smallest absolute Gasteiger partial charge is 0.413 e. The molecule has 0 saturated heterocycles. The van der Waals surface area contributed by atoms with Gasteiger partial charge in [0.2, 0.25) is 0 Å². The Kier molecular flexibility index (Phi) is 9.77. The van der Waals surface area contributed by atoms with Crippen LogP contribution in [0.5, 0.6) is 0 Å².